The molecule has 206 valence electrons. The van der Waals surface area contributed by atoms with Crippen molar-refractivity contribution in [1.29, 1.82) is 0 Å². The maximum atomic E-state index is 12.8. The van der Waals surface area contributed by atoms with E-state index >= 15 is 0 Å². The number of carbonyl (C=O) groups is 6. The van der Waals surface area contributed by atoms with Crippen LogP contribution in [-0.2, 0) is 24.0 Å². The van der Waals surface area contributed by atoms with Gasteiger partial charge in [0, 0.05) is 27.3 Å². The molecule has 1 aliphatic heterocycles. The first-order valence-electron chi connectivity index (χ1n) is 12.5. The molecule has 0 aliphatic carbocycles. The Morgan fingerprint density at radius 3 is 2.39 bits per heavy atom. The molecule has 11 nitrogen and oxygen atoms in total. The number of nitrogens with two attached hydrogens (primary N) is 1. The maximum absolute atomic E-state index is 12.8. The molecule has 1 heterocycles. The summed E-state index contributed by atoms with van der Waals surface area (Å²) in [5.74, 6) is -1.84. The monoisotopic (exact) mass is 530 g/mol. The van der Waals surface area contributed by atoms with Gasteiger partial charge in [0.05, 0.1) is 11.3 Å². The van der Waals surface area contributed by atoms with Crippen molar-refractivity contribution in [3.8, 4) is 0 Å². The van der Waals surface area contributed by atoms with Gasteiger partial charge in [-0.05, 0) is 44.8 Å². The molecule has 1 saturated heterocycles. The Labute approximate surface area is 219 Å². The van der Waals surface area contributed by atoms with E-state index in [0.29, 0.717) is 32.2 Å². The minimum Gasteiger partial charge on any atom is -0.352 e. The van der Waals surface area contributed by atoms with E-state index in [9.17, 15) is 28.8 Å². The predicted molar refractivity (Wildman–Crippen MR) is 140 cm³/mol. The zero-order chi connectivity index (χ0) is 27.3. The van der Waals surface area contributed by atoms with Gasteiger partial charge in [-0.1, -0.05) is 27.7 Å². The van der Waals surface area contributed by atoms with Gasteiger partial charge in [0.1, 0.15) is 6.04 Å². The number of rotatable bonds is 16. The normalized spacial score (nSPS) is 17.2. The Balaban J connectivity index is 0.0000130. The molecule has 0 aromatic heterocycles. The van der Waals surface area contributed by atoms with Gasteiger partial charge in [0.2, 0.25) is 23.6 Å². The quantitative estimate of drug-likeness (QED) is 0.172. The van der Waals surface area contributed by atoms with Gasteiger partial charge in [-0.2, -0.15) is 11.8 Å². The van der Waals surface area contributed by atoms with Crippen LogP contribution in [0.4, 0.5) is 4.79 Å². The van der Waals surface area contributed by atoms with E-state index in [-0.39, 0.29) is 62.1 Å². The molecule has 36 heavy (non-hydrogen) atoms. The number of primary amides is 1. The standard InChI is InChI=1S/C23H39N5O6S.CH4/c1-14(2)20(21(32)26-16(15(3)29)9-8-11-25-23(24)34)27-18(30)10-6-5-7-12-28-19(31)13-17(35-4)22(28)33;/h14,16-17,20H,5-13H2,1-4H3,(H,26,32)(H,27,30)(H3,24,25,34);1H4/t16-,17?,20-;/m0./s1/i3D;. The molecule has 0 aromatic rings. The van der Waals surface area contributed by atoms with Crippen molar-refractivity contribution in [3.63, 3.8) is 0 Å². The lowest BCUT2D eigenvalue weighted by Gasteiger charge is -2.24. The number of thioether (sulfide) groups is 1. The lowest BCUT2D eigenvalue weighted by atomic mass is 10.0. The molecule has 1 unspecified atom stereocenters. The van der Waals surface area contributed by atoms with Crippen molar-refractivity contribution >= 4 is 47.2 Å². The van der Waals surface area contributed by atoms with Gasteiger partial charge in [-0.15, -0.1) is 0 Å². The Morgan fingerprint density at radius 1 is 1.14 bits per heavy atom. The lowest BCUT2D eigenvalue weighted by Crippen LogP contribution is -2.53. The summed E-state index contributed by atoms with van der Waals surface area (Å²) in [6.07, 6.45) is 4.60. The van der Waals surface area contributed by atoms with Gasteiger partial charge in [-0.25, -0.2) is 4.79 Å². The number of Topliss-reactive ketones (excluding diaryl/α,β-unsaturated/α-hetero) is 1. The number of ketones is 1. The van der Waals surface area contributed by atoms with Gasteiger partial charge in [0.25, 0.3) is 0 Å². The molecule has 0 spiro atoms. The predicted octanol–water partition coefficient (Wildman–Crippen LogP) is 1.34. The summed E-state index contributed by atoms with van der Waals surface area (Å²) in [6.45, 7) is 3.62. The number of imide groups is 1. The van der Waals surface area contributed by atoms with Crippen molar-refractivity contribution in [1.82, 2.24) is 20.9 Å². The van der Waals surface area contributed by atoms with Crippen molar-refractivity contribution in [2.24, 2.45) is 11.7 Å². The van der Waals surface area contributed by atoms with Crippen LogP contribution in [0.15, 0.2) is 0 Å². The molecule has 1 rings (SSSR count). The van der Waals surface area contributed by atoms with Crippen molar-refractivity contribution < 1.29 is 30.1 Å². The Morgan fingerprint density at radius 2 is 1.83 bits per heavy atom. The average Bonchev–Trinajstić information content (AvgIpc) is 3.10. The molecule has 0 radical (unpaired) electrons. The third-order valence-corrected chi connectivity index (χ3v) is 6.65. The second kappa shape index (κ2) is 16.9. The molecule has 6 amide bonds. The zero-order valence-corrected chi connectivity index (χ0v) is 21.6. The number of carbonyl (C=O) groups excluding carboxylic acids is 6. The summed E-state index contributed by atoms with van der Waals surface area (Å²) in [4.78, 5) is 73.5. The van der Waals surface area contributed by atoms with Crippen LogP contribution in [-0.4, -0.2) is 77.0 Å². The SMILES string of the molecule is C.[2H]CC(=O)[C@H](CCCNC(N)=O)NC(=O)[C@@H](NC(=O)CCCCCN1C(=O)CC(SC)C1=O)C(C)C. The molecule has 5 N–H and O–H groups in total. The number of amides is 6. The summed E-state index contributed by atoms with van der Waals surface area (Å²) in [6, 6.07) is -2.44. The molecule has 0 saturated carbocycles. The summed E-state index contributed by atoms with van der Waals surface area (Å²) < 4.78 is 7.34. The van der Waals surface area contributed by atoms with E-state index in [1.54, 1.807) is 20.1 Å². The maximum Gasteiger partial charge on any atom is 0.312 e. The van der Waals surface area contributed by atoms with Gasteiger partial charge in [0.15, 0.2) is 5.78 Å². The van der Waals surface area contributed by atoms with Crippen LogP contribution in [0.3, 0.4) is 0 Å². The van der Waals surface area contributed by atoms with Crippen LogP contribution in [0.2, 0.25) is 0 Å². The Hall–Kier alpha value is -2.63. The minimum absolute atomic E-state index is 0. The highest BCUT2D eigenvalue weighted by Gasteiger charge is 2.37. The van der Waals surface area contributed by atoms with Crippen LogP contribution in [0.5, 0.6) is 0 Å². The molecule has 12 heteroatoms. The van der Waals surface area contributed by atoms with E-state index in [1.807, 2.05) is 0 Å². The first-order valence-corrected chi connectivity index (χ1v) is 13.1. The van der Waals surface area contributed by atoms with Crippen molar-refractivity contribution in [2.45, 2.75) is 90.5 Å². The molecule has 0 aromatic carbocycles. The molecular formula is C24H43N5O6S. The van der Waals surface area contributed by atoms with Gasteiger partial charge in [-0.3, -0.25) is 28.9 Å². The third-order valence-electron chi connectivity index (χ3n) is 5.71. The number of nitrogens with one attached hydrogen (secondary N) is 3. The molecule has 0 bridgehead atoms. The van der Waals surface area contributed by atoms with Crippen LogP contribution in [0.1, 0.15) is 74.5 Å². The minimum atomic E-state index is -0.899. The smallest absolute Gasteiger partial charge is 0.312 e. The van der Waals surface area contributed by atoms with E-state index in [1.165, 1.54) is 16.7 Å². The Bertz CT molecular complexity index is 812. The topological polar surface area (TPSA) is 168 Å². The average molecular weight is 531 g/mol. The third kappa shape index (κ3) is 11.4. The summed E-state index contributed by atoms with van der Waals surface area (Å²) >= 11 is 1.37. The number of likely N-dealkylation sites (tertiary alicyclic amines) is 1. The first kappa shape index (κ1) is 31.4. The number of hydrogen-bond acceptors (Lipinski definition) is 7. The van der Waals surface area contributed by atoms with Gasteiger partial charge < -0.3 is 21.7 Å². The fourth-order valence-electron chi connectivity index (χ4n) is 3.68. The Kier molecular flexibility index (Phi) is 14.8. The van der Waals surface area contributed by atoms with Crippen LogP contribution >= 0.6 is 11.8 Å². The zero-order valence-electron chi connectivity index (χ0n) is 21.8. The van der Waals surface area contributed by atoms with Crippen molar-refractivity contribution in [2.75, 3.05) is 19.3 Å². The first-order chi connectivity index (χ1) is 17.0. The molecular weight excluding hydrogens is 486 g/mol. The van der Waals surface area contributed by atoms with Crippen molar-refractivity contribution in [3.05, 3.63) is 0 Å². The van der Waals surface area contributed by atoms with Gasteiger partial charge >= 0.3 is 6.03 Å². The number of hydrogen-bond donors (Lipinski definition) is 4. The highest BCUT2D eigenvalue weighted by molar-refractivity contribution is 8.00. The van der Waals surface area contributed by atoms with E-state index in [4.69, 9.17) is 7.10 Å². The fourth-order valence-corrected chi connectivity index (χ4v) is 4.32. The summed E-state index contributed by atoms with van der Waals surface area (Å²) in [5.41, 5.74) is 5.01. The molecule has 3 atom stereocenters. The number of nitrogens with zero attached hydrogens (tertiary/aromatic N) is 1. The summed E-state index contributed by atoms with van der Waals surface area (Å²) in [7, 11) is 0. The fraction of sp³-hybridized carbons (Fsp3) is 0.750. The molecule has 1 aliphatic rings. The number of urea groups is 1. The second-order valence-corrected chi connectivity index (χ2v) is 9.91. The van der Waals surface area contributed by atoms with Crippen LogP contribution in [0, 0.1) is 5.92 Å². The summed E-state index contributed by atoms with van der Waals surface area (Å²) in [5, 5.41) is 7.45. The van der Waals surface area contributed by atoms with E-state index in [2.05, 4.69) is 16.0 Å². The van der Waals surface area contributed by atoms with Crippen LogP contribution < -0.4 is 21.7 Å². The largest absolute Gasteiger partial charge is 0.352 e. The lowest BCUT2D eigenvalue weighted by molar-refractivity contribution is -0.138. The second-order valence-electron chi connectivity index (χ2n) is 8.87. The van der Waals surface area contributed by atoms with E-state index < -0.39 is 36.7 Å². The molecule has 1 fully saturated rings. The highest BCUT2D eigenvalue weighted by Crippen LogP contribution is 2.23. The highest BCUT2D eigenvalue weighted by atomic mass is 32.2. The van der Waals surface area contributed by atoms with E-state index in [0.717, 1.165) is 0 Å². The van der Waals surface area contributed by atoms with Crippen LogP contribution in [0.25, 0.3) is 0 Å². The number of unbranched alkanes of at least 4 members (excludes halogenated alkanes) is 2.